The van der Waals surface area contributed by atoms with Gasteiger partial charge in [0.1, 0.15) is 11.9 Å². The number of nitrogens with one attached hydrogen (secondary N) is 1. The van der Waals surface area contributed by atoms with Crippen molar-refractivity contribution in [2.75, 3.05) is 6.54 Å². The first kappa shape index (κ1) is 22.3. The van der Waals surface area contributed by atoms with Crippen molar-refractivity contribution in [1.29, 1.82) is 0 Å². The molecule has 0 fully saturated rings. The first-order chi connectivity index (χ1) is 16.0. The first-order valence-electron chi connectivity index (χ1n) is 10.9. The van der Waals surface area contributed by atoms with Gasteiger partial charge in [0.25, 0.3) is 5.91 Å². The van der Waals surface area contributed by atoms with Gasteiger partial charge < -0.3 is 10.4 Å². The van der Waals surface area contributed by atoms with Gasteiger partial charge in [0.05, 0.1) is 5.69 Å². The van der Waals surface area contributed by atoms with Gasteiger partial charge in [-0.15, -0.1) is 0 Å². The van der Waals surface area contributed by atoms with Crippen molar-refractivity contribution in [2.24, 2.45) is 0 Å². The maximum Gasteiger partial charge on any atom is 0.251 e. The van der Waals surface area contributed by atoms with Crippen molar-refractivity contribution >= 4 is 5.91 Å². The van der Waals surface area contributed by atoms with Crippen LogP contribution in [0.25, 0.3) is 11.3 Å². The number of rotatable bonds is 7. The second-order valence-electron chi connectivity index (χ2n) is 8.02. The maximum absolute atomic E-state index is 13.0. The van der Waals surface area contributed by atoms with E-state index in [1.807, 2.05) is 68.4 Å². The molecule has 2 aromatic carbocycles. The fourth-order valence-electron chi connectivity index (χ4n) is 3.53. The van der Waals surface area contributed by atoms with Gasteiger partial charge in [-0.2, -0.15) is 0 Å². The average molecular weight is 439 g/mol. The Hall–Kier alpha value is -3.90. The molecule has 4 rings (SSSR count). The van der Waals surface area contributed by atoms with Gasteiger partial charge in [-0.25, -0.2) is 9.97 Å². The van der Waals surface area contributed by atoms with Gasteiger partial charge in [0.2, 0.25) is 0 Å². The Bertz CT molecular complexity index is 1220. The summed E-state index contributed by atoms with van der Waals surface area (Å²) in [5.74, 6) is 0.507. The van der Waals surface area contributed by atoms with Gasteiger partial charge in [-0.1, -0.05) is 36.4 Å². The molecule has 0 saturated carbocycles. The smallest absolute Gasteiger partial charge is 0.251 e. The molecule has 2 heterocycles. The number of aliphatic hydroxyl groups is 1. The zero-order valence-electron chi connectivity index (χ0n) is 18.7. The molecule has 2 aromatic heterocycles. The lowest BCUT2D eigenvalue weighted by Gasteiger charge is -2.15. The van der Waals surface area contributed by atoms with E-state index in [1.54, 1.807) is 24.7 Å². The summed E-state index contributed by atoms with van der Waals surface area (Å²) in [5, 5.41) is 14.0. The van der Waals surface area contributed by atoms with Crippen LogP contribution in [0.15, 0.2) is 79.3 Å². The SMILES string of the molecule is Cc1ccc(-c2cc(C(=O)NCCc3cnc(C)nc3)cc(C(O)c3ccccc3)c2)nc1. The Kier molecular flexibility index (Phi) is 6.86. The van der Waals surface area contributed by atoms with Crippen LogP contribution in [0.1, 0.15) is 44.5 Å². The van der Waals surface area contributed by atoms with Crippen molar-refractivity contribution in [3.8, 4) is 11.3 Å². The Balaban J connectivity index is 1.60. The number of aromatic nitrogens is 3. The molecule has 4 aromatic rings. The highest BCUT2D eigenvalue weighted by atomic mass is 16.3. The summed E-state index contributed by atoms with van der Waals surface area (Å²) < 4.78 is 0. The van der Waals surface area contributed by atoms with E-state index in [4.69, 9.17) is 0 Å². The number of hydrogen-bond acceptors (Lipinski definition) is 5. The third kappa shape index (κ3) is 5.67. The summed E-state index contributed by atoms with van der Waals surface area (Å²) in [5.41, 5.74) is 5.40. The lowest BCUT2D eigenvalue weighted by Crippen LogP contribution is -2.26. The van der Waals surface area contributed by atoms with Gasteiger partial charge in [-0.05, 0) is 66.8 Å². The molecule has 0 bridgehead atoms. The topological polar surface area (TPSA) is 88.0 Å². The highest BCUT2D eigenvalue weighted by molar-refractivity contribution is 5.95. The van der Waals surface area contributed by atoms with E-state index >= 15 is 0 Å². The second kappa shape index (κ2) is 10.1. The molecule has 1 unspecified atom stereocenters. The molecule has 0 aliphatic rings. The first-order valence-corrected chi connectivity index (χ1v) is 10.9. The molecule has 166 valence electrons. The Labute approximate surface area is 193 Å². The molecule has 0 aliphatic heterocycles. The number of benzene rings is 2. The number of hydrogen-bond donors (Lipinski definition) is 2. The zero-order valence-corrected chi connectivity index (χ0v) is 18.7. The van der Waals surface area contributed by atoms with Crippen LogP contribution in [0.2, 0.25) is 0 Å². The number of nitrogens with zero attached hydrogens (tertiary/aromatic N) is 3. The van der Waals surface area contributed by atoms with Crippen LogP contribution in [0.5, 0.6) is 0 Å². The Morgan fingerprint density at radius 1 is 0.909 bits per heavy atom. The standard InChI is InChI=1S/C27H26N4O2/c1-18-8-9-25(31-15-18)22-12-23(26(32)21-6-4-3-5-7-21)14-24(13-22)27(33)28-11-10-20-16-29-19(2)30-17-20/h3-9,12-17,26,32H,10-11H2,1-2H3,(H,28,33). The fraction of sp³-hybridized carbons (Fsp3) is 0.185. The van der Waals surface area contributed by atoms with E-state index in [0.717, 1.165) is 27.9 Å². The van der Waals surface area contributed by atoms with Crippen LogP contribution in [-0.4, -0.2) is 32.5 Å². The van der Waals surface area contributed by atoms with E-state index in [9.17, 15) is 9.90 Å². The molecule has 1 atom stereocenters. The molecule has 2 N–H and O–H groups in total. The molecular formula is C27H26N4O2. The summed E-state index contributed by atoms with van der Waals surface area (Å²) in [4.78, 5) is 25.9. The van der Waals surface area contributed by atoms with E-state index in [0.29, 0.717) is 29.9 Å². The van der Waals surface area contributed by atoms with Crippen LogP contribution >= 0.6 is 0 Å². The highest BCUT2D eigenvalue weighted by Gasteiger charge is 2.16. The molecule has 6 heteroatoms. The van der Waals surface area contributed by atoms with Crippen molar-refractivity contribution in [3.63, 3.8) is 0 Å². The highest BCUT2D eigenvalue weighted by Crippen LogP contribution is 2.28. The van der Waals surface area contributed by atoms with E-state index < -0.39 is 6.10 Å². The lowest BCUT2D eigenvalue weighted by molar-refractivity contribution is 0.0954. The molecule has 33 heavy (non-hydrogen) atoms. The summed E-state index contributed by atoms with van der Waals surface area (Å²) in [6.07, 6.45) is 5.11. The number of aryl methyl sites for hydroxylation is 2. The third-order valence-corrected chi connectivity index (χ3v) is 5.39. The summed E-state index contributed by atoms with van der Waals surface area (Å²) >= 11 is 0. The molecule has 6 nitrogen and oxygen atoms in total. The van der Waals surface area contributed by atoms with Gasteiger partial charge in [0, 0.05) is 36.3 Å². The van der Waals surface area contributed by atoms with Crippen molar-refractivity contribution < 1.29 is 9.90 Å². The van der Waals surface area contributed by atoms with Crippen LogP contribution in [0.4, 0.5) is 0 Å². The number of carbonyl (C=O) groups is 1. The van der Waals surface area contributed by atoms with Gasteiger partial charge in [-0.3, -0.25) is 9.78 Å². The third-order valence-electron chi connectivity index (χ3n) is 5.39. The van der Waals surface area contributed by atoms with Crippen molar-refractivity contribution in [2.45, 2.75) is 26.4 Å². The predicted octanol–water partition coefficient (Wildman–Crippen LogP) is 4.21. The minimum absolute atomic E-state index is 0.210. The molecule has 0 aliphatic carbocycles. The quantitative estimate of drug-likeness (QED) is 0.451. The molecule has 1 amide bonds. The van der Waals surface area contributed by atoms with Crippen LogP contribution in [0.3, 0.4) is 0 Å². The van der Waals surface area contributed by atoms with E-state index in [2.05, 4.69) is 20.3 Å². The molecule has 0 radical (unpaired) electrons. The van der Waals surface area contributed by atoms with Gasteiger partial charge >= 0.3 is 0 Å². The van der Waals surface area contributed by atoms with Crippen molar-refractivity contribution in [3.05, 3.63) is 113 Å². The Morgan fingerprint density at radius 2 is 1.67 bits per heavy atom. The number of amides is 1. The second-order valence-corrected chi connectivity index (χ2v) is 8.02. The van der Waals surface area contributed by atoms with Crippen LogP contribution in [0, 0.1) is 13.8 Å². The predicted molar refractivity (Wildman–Crippen MR) is 128 cm³/mol. The minimum Gasteiger partial charge on any atom is -0.384 e. The van der Waals surface area contributed by atoms with E-state index in [1.165, 1.54) is 0 Å². The molecule has 0 spiro atoms. The summed E-state index contributed by atoms with van der Waals surface area (Å²) in [6.45, 7) is 4.27. The van der Waals surface area contributed by atoms with E-state index in [-0.39, 0.29) is 5.91 Å². The van der Waals surface area contributed by atoms with Gasteiger partial charge in [0.15, 0.2) is 0 Å². The largest absolute Gasteiger partial charge is 0.384 e. The number of aliphatic hydroxyl groups excluding tert-OH is 1. The van der Waals surface area contributed by atoms with Crippen molar-refractivity contribution in [1.82, 2.24) is 20.3 Å². The zero-order chi connectivity index (χ0) is 23.2. The number of pyridine rings is 1. The van der Waals surface area contributed by atoms with Crippen LogP contribution in [-0.2, 0) is 6.42 Å². The average Bonchev–Trinajstić information content (AvgIpc) is 2.85. The van der Waals surface area contributed by atoms with Crippen LogP contribution < -0.4 is 5.32 Å². The summed E-state index contributed by atoms with van der Waals surface area (Å²) in [7, 11) is 0. The summed E-state index contributed by atoms with van der Waals surface area (Å²) in [6, 6.07) is 18.7. The normalized spacial score (nSPS) is 11.7. The fourth-order valence-corrected chi connectivity index (χ4v) is 3.53. The number of carbonyl (C=O) groups excluding carboxylic acids is 1. The Morgan fingerprint density at radius 3 is 2.36 bits per heavy atom. The lowest BCUT2D eigenvalue weighted by atomic mass is 9.95. The maximum atomic E-state index is 13.0. The monoisotopic (exact) mass is 438 g/mol. The minimum atomic E-state index is -0.854. The molecule has 0 saturated heterocycles. The molecular weight excluding hydrogens is 412 g/mol.